The lowest BCUT2D eigenvalue weighted by atomic mass is 10.1. The van der Waals surface area contributed by atoms with Gasteiger partial charge in [-0.2, -0.15) is 0 Å². The van der Waals surface area contributed by atoms with Crippen molar-refractivity contribution >= 4 is 66.3 Å². The number of aryl methyl sites for hydroxylation is 2. The van der Waals surface area contributed by atoms with E-state index in [1.54, 1.807) is 0 Å². The van der Waals surface area contributed by atoms with Crippen LogP contribution in [0.3, 0.4) is 0 Å². The Morgan fingerprint density at radius 2 is 0.848 bits per heavy atom. The minimum absolute atomic E-state index is 1.07. The minimum atomic E-state index is 1.07. The first kappa shape index (κ1) is 31.3. The monoisotopic (exact) mass is 644 g/mol. The molecule has 4 heterocycles. The maximum atomic E-state index is 2.65. The summed E-state index contributed by atoms with van der Waals surface area (Å²) in [5, 5.41) is 9.96. The van der Waals surface area contributed by atoms with Crippen molar-refractivity contribution in [2.75, 3.05) is 0 Å². The topological polar surface area (TPSA) is 9.86 Å². The zero-order chi connectivity index (χ0) is 31.3. The Labute approximate surface area is 282 Å². The van der Waals surface area contributed by atoms with Gasteiger partial charge in [-0.1, -0.05) is 114 Å². The van der Waals surface area contributed by atoms with E-state index in [2.05, 4.69) is 107 Å². The first-order valence-corrected chi connectivity index (χ1v) is 19.6. The molecule has 238 valence electrons. The van der Waals surface area contributed by atoms with Crippen LogP contribution in [-0.4, -0.2) is 9.13 Å². The largest absolute Gasteiger partial charge is 0.340 e. The molecule has 0 aliphatic carbocycles. The molecule has 7 aromatic rings. The number of aromatic nitrogens is 2. The number of thiophene rings is 2. The number of hydrogen-bond acceptors (Lipinski definition) is 2. The number of fused-ring (bicyclic) bond motifs is 6. The van der Waals surface area contributed by atoms with Crippen molar-refractivity contribution in [3.63, 3.8) is 0 Å². The summed E-state index contributed by atoms with van der Waals surface area (Å²) in [6, 6.07) is 28.3. The van der Waals surface area contributed by atoms with E-state index in [0.717, 1.165) is 13.1 Å². The SMILES string of the molecule is CCCCCCCCn1c2cc(-c3cccs3)ccc2c2cc3c(cc21)c1ccc(-c2cccs2)cc1n3CCCCCCCC. The fourth-order valence-corrected chi connectivity index (χ4v) is 8.90. The normalized spacial score (nSPS) is 12.0. The fourth-order valence-electron chi connectivity index (χ4n) is 7.45. The van der Waals surface area contributed by atoms with Crippen LogP contribution in [0.15, 0.2) is 83.6 Å². The zero-order valence-corrected chi connectivity index (χ0v) is 29.3. The van der Waals surface area contributed by atoms with Gasteiger partial charge in [-0.15, -0.1) is 22.7 Å². The van der Waals surface area contributed by atoms with Gasteiger partial charge >= 0.3 is 0 Å². The first-order chi connectivity index (χ1) is 22.8. The molecule has 0 unspecified atom stereocenters. The molecule has 0 spiro atoms. The van der Waals surface area contributed by atoms with Crippen molar-refractivity contribution in [1.82, 2.24) is 9.13 Å². The van der Waals surface area contributed by atoms with Crippen molar-refractivity contribution in [2.45, 2.75) is 104 Å². The summed E-state index contributed by atoms with van der Waals surface area (Å²) in [7, 11) is 0. The van der Waals surface area contributed by atoms with E-state index in [1.807, 2.05) is 22.7 Å². The summed E-state index contributed by atoms with van der Waals surface area (Å²) in [4.78, 5) is 2.70. The third-order valence-corrected chi connectivity index (χ3v) is 11.8. The molecule has 7 rings (SSSR count). The lowest BCUT2D eigenvalue weighted by Crippen LogP contribution is -1.99. The molecule has 0 aliphatic rings. The zero-order valence-electron chi connectivity index (χ0n) is 27.7. The molecule has 0 saturated heterocycles. The highest BCUT2D eigenvalue weighted by Crippen LogP contribution is 2.40. The van der Waals surface area contributed by atoms with Gasteiger partial charge in [-0.05, 0) is 71.1 Å². The maximum absolute atomic E-state index is 2.65. The van der Waals surface area contributed by atoms with Crippen molar-refractivity contribution in [3.05, 3.63) is 83.6 Å². The molecular weight excluding hydrogens is 597 g/mol. The molecule has 0 N–H and O–H groups in total. The van der Waals surface area contributed by atoms with Crippen LogP contribution < -0.4 is 0 Å². The van der Waals surface area contributed by atoms with Crippen LogP contribution in [0.2, 0.25) is 0 Å². The summed E-state index contributed by atoms with van der Waals surface area (Å²) < 4.78 is 5.30. The third kappa shape index (κ3) is 6.31. The highest BCUT2D eigenvalue weighted by atomic mass is 32.1. The second-order valence-corrected chi connectivity index (χ2v) is 15.0. The molecule has 4 heteroatoms. The summed E-state index contributed by atoms with van der Waals surface area (Å²) in [6.07, 6.45) is 15.8. The number of nitrogens with zero attached hydrogens (tertiary/aromatic N) is 2. The molecular formula is C42H48N2S2. The highest BCUT2D eigenvalue weighted by molar-refractivity contribution is 7.13. The average Bonchev–Trinajstić information content (AvgIpc) is 3.90. The van der Waals surface area contributed by atoms with E-state index in [-0.39, 0.29) is 0 Å². The lowest BCUT2D eigenvalue weighted by molar-refractivity contribution is 0.570. The summed E-state index contributed by atoms with van der Waals surface area (Å²) >= 11 is 3.67. The Kier molecular flexibility index (Phi) is 9.93. The van der Waals surface area contributed by atoms with Crippen molar-refractivity contribution < 1.29 is 0 Å². The Bertz CT molecular complexity index is 1870. The van der Waals surface area contributed by atoms with E-state index < -0.39 is 0 Å². The Morgan fingerprint density at radius 3 is 1.26 bits per heavy atom. The number of rotatable bonds is 16. The number of hydrogen-bond donors (Lipinski definition) is 0. The van der Waals surface area contributed by atoms with Crippen LogP contribution in [-0.2, 0) is 13.1 Å². The van der Waals surface area contributed by atoms with Crippen LogP contribution >= 0.6 is 22.7 Å². The van der Waals surface area contributed by atoms with Crippen molar-refractivity contribution in [1.29, 1.82) is 0 Å². The predicted molar refractivity (Wildman–Crippen MR) is 206 cm³/mol. The molecule has 0 bridgehead atoms. The molecule has 0 amide bonds. The van der Waals surface area contributed by atoms with Gasteiger partial charge in [0.15, 0.2) is 0 Å². The molecule has 0 fully saturated rings. The van der Waals surface area contributed by atoms with Gasteiger partial charge in [0.25, 0.3) is 0 Å². The molecule has 0 radical (unpaired) electrons. The Balaban J connectivity index is 1.35. The Morgan fingerprint density at radius 1 is 0.435 bits per heavy atom. The molecule has 2 nitrogen and oxygen atoms in total. The molecule has 0 atom stereocenters. The third-order valence-electron chi connectivity index (χ3n) is 9.93. The van der Waals surface area contributed by atoms with Crippen molar-refractivity contribution in [3.8, 4) is 20.9 Å². The second-order valence-electron chi connectivity index (χ2n) is 13.1. The lowest BCUT2D eigenvalue weighted by Gasteiger charge is -2.10. The van der Waals surface area contributed by atoms with E-state index >= 15 is 0 Å². The minimum Gasteiger partial charge on any atom is -0.340 e. The molecule has 3 aromatic carbocycles. The van der Waals surface area contributed by atoms with Crippen molar-refractivity contribution in [2.24, 2.45) is 0 Å². The van der Waals surface area contributed by atoms with Gasteiger partial charge in [0, 0.05) is 66.5 Å². The number of unbranched alkanes of at least 4 members (excludes halogenated alkanes) is 10. The van der Waals surface area contributed by atoms with Crippen LogP contribution in [0, 0.1) is 0 Å². The van der Waals surface area contributed by atoms with E-state index in [9.17, 15) is 0 Å². The van der Waals surface area contributed by atoms with E-state index in [4.69, 9.17) is 0 Å². The quantitative estimate of drug-likeness (QED) is 0.0926. The van der Waals surface area contributed by atoms with Crippen LogP contribution in [0.1, 0.15) is 90.9 Å². The van der Waals surface area contributed by atoms with Gasteiger partial charge < -0.3 is 9.13 Å². The predicted octanol–water partition coefficient (Wildman–Crippen LogP) is 14.1. The van der Waals surface area contributed by atoms with Gasteiger partial charge in [0.2, 0.25) is 0 Å². The summed E-state index contributed by atoms with van der Waals surface area (Å²) in [6.45, 7) is 6.75. The summed E-state index contributed by atoms with van der Waals surface area (Å²) in [5.41, 5.74) is 8.21. The smallest absolute Gasteiger partial charge is 0.0499 e. The van der Waals surface area contributed by atoms with E-state index in [1.165, 1.54) is 142 Å². The average molecular weight is 645 g/mol. The Hall–Kier alpha value is -3.34. The number of benzene rings is 3. The van der Waals surface area contributed by atoms with Crippen LogP contribution in [0.4, 0.5) is 0 Å². The van der Waals surface area contributed by atoms with Gasteiger partial charge in [0.1, 0.15) is 0 Å². The molecule has 46 heavy (non-hydrogen) atoms. The first-order valence-electron chi connectivity index (χ1n) is 17.9. The van der Waals surface area contributed by atoms with E-state index in [0.29, 0.717) is 0 Å². The standard InChI is InChI=1S/C42H48N2S2/c1-3-5-7-9-11-13-23-43-37-27-31(41-17-15-25-45-41)19-21-33(37)35-30-40-36(29-39(35)43)34-22-20-32(42-18-16-26-46-42)28-38(34)44(40)24-14-12-10-8-6-4-2/h15-22,25-30H,3-14,23-24H2,1-2H3. The van der Waals surface area contributed by atoms with Gasteiger partial charge in [-0.25, -0.2) is 0 Å². The maximum Gasteiger partial charge on any atom is 0.0499 e. The molecule has 0 aliphatic heterocycles. The van der Waals surface area contributed by atoms with Gasteiger partial charge in [0.05, 0.1) is 0 Å². The highest BCUT2D eigenvalue weighted by Gasteiger charge is 2.18. The second kappa shape index (κ2) is 14.6. The molecule has 4 aromatic heterocycles. The van der Waals surface area contributed by atoms with Crippen LogP contribution in [0.5, 0.6) is 0 Å². The van der Waals surface area contributed by atoms with Gasteiger partial charge in [-0.3, -0.25) is 0 Å². The molecule has 0 saturated carbocycles. The fraction of sp³-hybridized carbons (Fsp3) is 0.381. The summed E-state index contributed by atoms with van der Waals surface area (Å²) in [5.74, 6) is 0. The van der Waals surface area contributed by atoms with Crippen LogP contribution in [0.25, 0.3) is 64.5 Å².